The van der Waals surface area contributed by atoms with Crippen LogP contribution in [0.1, 0.15) is 45.2 Å². The normalized spacial score (nSPS) is 33.9. The van der Waals surface area contributed by atoms with Crippen LogP contribution in [0.5, 0.6) is 0 Å². The number of carbonyl (C=O) groups excluding carboxylic acids is 4. The van der Waals surface area contributed by atoms with Crippen molar-refractivity contribution in [1.82, 2.24) is 15.1 Å². The first-order valence-corrected chi connectivity index (χ1v) is 14.9. The van der Waals surface area contributed by atoms with Crippen LogP contribution in [0.4, 0.5) is 0 Å². The van der Waals surface area contributed by atoms with E-state index in [-0.39, 0.29) is 37.4 Å². The molecule has 5 rings (SSSR count). The first kappa shape index (κ1) is 29.5. The lowest BCUT2D eigenvalue weighted by atomic mass is 9.74. The summed E-state index contributed by atoms with van der Waals surface area (Å²) in [5.74, 6) is -3.66. The number of allylic oxidation sites excluding steroid dienone is 1. The van der Waals surface area contributed by atoms with E-state index in [0.717, 1.165) is 0 Å². The number of hydrogen-bond acceptors (Lipinski definition) is 7. The lowest BCUT2D eigenvalue weighted by molar-refractivity contribution is -0.159. The molecule has 11 heteroatoms. The van der Waals surface area contributed by atoms with E-state index >= 15 is 0 Å². The highest BCUT2D eigenvalue weighted by molar-refractivity contribution is 9.11. The highest BCUT2D eigenvalue weighted by atomic mass is 79.9. The summed E-state index contributed by atoms with van der Waals surface area (Å²) in [5.41, 5.74) is -0.775. The minimum atomic E-state index is -1.44. The number of aliphatic hydroxyl groups is 1. The van der Waals surface area contributed by atoms with Gasteiger partial charge in [-0.3, -0.25) is 19.2 Å². The summed E-state index contributed by atoms with van der Waals surface area (Å²) in [6.45, 7) is 5.40. The van der Waals surface area contributed by atoms with Gasteiger partial charge >= 0.3 is 5.97 Å². The number of nitrogens with one attached hydrogen (secondary N) is 1. The van der Waals surface area contributed by atoms with Crippen LogP contribution in [0.3, 0.4) is 0 Å². The number of aliphatic hydroxyl groups excluding tert-OH is 1. The first-order valence-electron chi connectivity index (χ1n) is 14.1. The van der Waals surface area contributed by atoms with Gasteiger partial charge in [0, 0.05) is 23.5 Å². The van der Waals surface area contributed by atoms with Crippen molar-refractivity contribution in [2.24, 2.45) is 11.8 Å². The van der Waals surface area contributed by atoms with Crippen molar-refractivity contribution in [3.05, 3.63) is 58.6 Å². The van der Waals surface area contributed by atoms with Crippen LogP contribution in [-0.2, 0) is 28.7 Å². The Morgan fingerprint density at radius 1 is 1.12 bits per heavy atom. The Balaban J connectivity index is 1.65. The Labute approximate surface area is 247 Å². The van der Waals surface area contributed by atoms with Crippen LogP contribution in [0.15, 0.2) is 53.0 Å². The van der Waals surface area contributed by atoms with Gasteiger partial charge in [0.25, 0.3) is 0 Å². The molecule has 2 saturated heterocycles. The first-order chi connectivity index (χ1) is 19.6. The number of rotatable bonds is 4. The average Bonchev–Trinajstić information content (AvgIpc) is 3.53. The smallest absolute Gasteiger partial charge is 0.313 e. The number of ether oxygens (including phenoxy) is 2. The second-order valence-corrected chi connectivity index (χ2v) is 12.2. The molecule has 2 fully saturated rings. The lowest BCUT2D eigenvalue weighted by Crippen LogP contribution is -2.58. The van der Waals surface area contributed by atoms with E-state index in [9.17, 15) is 24.3 Å². The highest BCUT2D eigenvalue weighted by Gasteiger charge is 2.75. The molecule has 1 spiro atoms. The van der Waals surface area contributed by atoms with E-state index in [4.69, 9.17) is 9.47 Å². The highest BCUT2D eigenvalue weighted by Crippen LogP contribution is 2.60. The maximum absolute atomic E-state index is 14.6. The molecular weight excluding hydrogens is 594 g/mol. The number of carbonyl (C=O) groups is 4. The Morgan fingerprint density at radius 2 is 1.85 bits per heavy atom. The van der Waals surface area contributed by atoms with E-state index in [2.05, 4.69) is 21.2 Å². The molecule has 3 amide bonds. The SMILES string of the molecule is CC(C)N1C/C=C\CCC(=O)NC[C@@H](C)OC(=O)[C@@H]2[C@H]3O[C@@]4(C=C3Br)[C@H](C1=O)N([C@H](CO)c1ccccc1)C(=O)[C@@H]24. The predicted octanol–water partition coefficient (Wildman–Crippen LogP) is 2.23. The quantitative estimate of drug-likeness (QED) is 0.386. The molecule has 1 aromatic carbocycles. The van der Waals surface area contributed by atoms with Crippen LogP contribution >= 0.6 is 15.9 Å². The van der Waals surface area contributed by atoms with Crippen molar-refractivity contribution in [2.45, 2.75) is 69.5 Å². The van der Waals surface area contributed by atoms with E-state index in [1.54, 1.807) is 30.0 Å². The van der Waals surface area contributed by atoms with Crippen LogP contribution in [0, 0.1) is 11.8 Å². The molecule has 0 aromatic heterocycles. The summed E-state index contributed by atoms with van der Waals surface area (Å²) in [7, 11) is 0. The third-order valence-corrected chi connectivity index (χ3v) is 9.06. The molecule has 0 unspecified atom stereocenters. The lowest BCUT2D eigenvalue weighted by Gasteiger charge is -2.40. The fraction of sp³-hybridized carbons (Fsp3) is 0.533. The third-order valence-electron chi connectivity index (χ3n) is 8.38. The molecule has 10 nitrogen and oxygen atoms in total. The van der Waals surface area contributed by atoms with Gasteiger partial charge in [-0.15, -0.1) is 0 Å². The van der Waals surface area contributed by atoms with Gasteiger partial charge in [0.15, 0.2) is 0 Å². The number of nitrogens with zero attached hydrogens (tertiary/aromatic N) is 2. The fourth-order valence-corrected chi connectivity index (χ4v) is 7.20. The van der Waals surface area contributed by atoms with Crippen molar-refractivity contribution in [1.29, 1.82) is 0 Å². The number of halogens is 1. The molecule has 7 atom stereocenters. The zero-order valence-electron chi connectivity index (χ0n) is 23.4. The summed E-state index contributed by atoms with van der Waals surface area (Å²) >= 11 is 3.54. The molecule has 4 heterocycles. The largest absolute Gasteiger partial charge is 0.460 e. The van der Waals surface area contributed by atoms with Gasteiger partial charge in [0.1, 0.15) is 29.8 Å². The molecule has 220 valence electrons. The minimum absolute atomic E-state index is 0.127. The summed E-state index contributed by atoms with van der Waals surface area (Å²) in [6.07, 6.45) is 4.73. The molecule has 41 heavy (non-hydrogen) atoms. The number of cyclic esters (lactones) is 1. The van der Waals surface area contributed by atoms with Gasteiger partial charge in [-0.1, -0.05) is 58.4 Å². The summed E-state index contributed by atoms with van der Waals surface area (Å²) in [4.78, 5) is 58.0. The Morgan fingerprint density at radius 3 is 2.54 bits per heavy atom. The predicted molar refractivity (Wildman–Crippen MR) is 152 cm³/mol. The average molecular weight is 631 g/mol. The van der Waals surface area contributed by atoms with Gasteiger partial charge in [0.2, 0.25) is 17.7 Å². The zero-order valence-corrected chi connectivity index (χ0v) is 25.0. The summed E-state index contributed by atoms with van der Waals surface area (Å²) in [5, 5.41) is 13.4. The maximum Gasteiger partial charge on any atom is 0.313 e. The van der Waals surface area contributed by atoms with Gasteiger partial charge in [-0.25, -0.2) is 0 Å². The minimum Gasteiger partial charge on any atom is -0.460 e. The van der Waals surface area contributed by atoms with Crippen molar-refractivity contribution >= 4 is 39.6 Å². The molecule has 0 aliphatic carbocycles. The zero-order chi connectivity index (χ0) is 29.5. The molecule has 4 aliphatic rings. The second kappa shape index (κ2) is 11.7. The second-order valence-electron chi connectivity index (χ2n) is 11.3. The molecule has 0 saturated carbocycles. The number of likely N-dealkylation sites (tertiary alicyclic amines) is 1. The Hall–Kier alpha value is -3.02. The molecule has 2 N–H and O–H groups in total. The topological polar surface area (TPSA) is 125 Å². The molecule has 1 aromatic rings. The molecule has 0 radical (unpaired) electrons. The van der Waals surface area contributed by atoms with Crippen molar-refractivity contribution in [3.8, 4) is 0 Å². The number of hydrogen-bond donors (Lipinski definition) is 2. The van der Waals surface area contributed by atoms with Crippen LogP contribution in [0.2, 0.25) is 0 Å². The molecular formula is C30H36BrN3O7. The summed E-state index contributed by atoms with van der Waals surface area (Å²) < 4.78 is 12.8. The number of esters is 1. The summed E-state index contributed by atoms with van der Waals surface area (Å²) in [6, 6.07) is 6.84. The number of fused-ring (bicyclic) bond motifs is 2. The van der Waals surface area contributed by atoms with E-state index in [1.165, 1.54) is 4.90 Å². The maximum atomic E-state index is 14.6. The van der Waals surface area contributed by atoms with Crippen molar-refractivity contribution in [3.63, 3.8) is 0 Å². The number of amides is 3. The van der Waals surface area contributed by atoms with Gasteiger partial charge < -0.3 is 29.7 Å². The van der Waals surface area contributed by atoms with Crippen LogP contribution < -0.4 is 5.32 Å². The Bertz CT molecular complexity index is 1270. The van der Waals surface area contributed by atoms with E-state index in [1.807, 2.05) is 44.2 Å². The van der Waals surface area contributed by atoms with Gasteiger partial charge in [0.05, 0.1) is 25.1 Å². The van der Waals surface area contributed by atoms with Crippen molar-refractivity contribution in [2.75, 3.05) is 19.7 Å². The van der Waals surface area contributed by atoms with Crippen LogP contribution in [-0.4, -0.2) is 88.2 Å². The molecule has 5 bridgehead atoms. The standard InChI is InChI=1S/C30H36BrN3O7/c1-17(2)33-13-9-5-8-12-22(36)32-15-18(3)40-29(39)23-24-27(37)34(21(16-35)19-10-6-4-7-11-19)26(28(33)38)30(24)14-20(31)25(23)41-30/h4-7,9-11,14,17-18,21,23-26,35H,8,12-13,15-16H2,1-3H3,(H,32,36)/b9-5-/t18-,21-,23+,24-,25+,26+,30-/m1/s1. The van der Waals surface area contributed by atoms with Gasteiger partial charge in [-0.05, 0) is 38.8 Å². The van der Waals surface area contributed by atoms with Crippen LogP contribution in [0.25, 0.3) is 0 Å². The number of benzene rings is 1. The van der Waals surface area contributed by atoms with Crippen molar-refractivity contribution < 1.29 is 33.8 Å². The van der Waals surface area contributed by atoms with Gasteiger partial charge in [-0.2, -0.15) is 0 Å². The monoisotopic (exact) mass is 629 g/mol. The third kappa shape index (κ3) is 5.12. The van der Waals surface area contributed by atoms with E-state index in [0.29, 0.717) is 16.5 Å². The Kier molecular flexibility index (Phi) is 8.41. The fourth-order valence-electron chi connectivity index (χ4n) is 6.47. The van der Waals surface area contributed by atoms with E-state index < -0.39 is 60.2 Å². The molecule has 4 aliphatic heterocycles.